The first-order chi connectivity index (χ1) is 8.77. The predicted octanol–water partition coefficient (Wildman–Crippen LogP) is 5.21. The molecule has 0 aromatic carbocycles. The summed E-state index contributed by atoms with van der Waals surface area (Å²) in [6, 6.07) is 0. The zero-order chi connectivity index (χ0) is 12.4. The van der Waals surface area contributed by atoms with Gasteiger partial charge in [0, 0.05) is 4.83 Å². The molecule has 18 heavy (non-hydrogen) atoms. The maximum absolute atomic E-state index is 6.48. The van der Waals surface area contributed by atoms with Gasteiger partial charge in [0.05, 0.1) is 11.7 Å². The van der Waals surface area contributed by atoms with Crippen molar-refractivity contribution in [1.29, 1.82) is 0 Å². The van der Waals surface area contributed by atoms with E-state index in [1.165, 1.54) is 77.0 Å². The van der Waals surface area contributed by atoms with E-state index in [1.54, 1.807) is 0 Å². The van der Waals surface area contributed by atoms with Crippen LogP contribution in [0.4, 0.5) is 0 Å². The van der Waals surface area contributed by atoms with Crippen molar-refractivity contribution in [2.75, 3.05) is 0 Å². The van der Waals surface area contributed by atoms with Gasteiger partial charge in [-0.2, -0.15) is 0 Å². The summed E-state index contributed by atoms with van der Waals surface area (Å²) in [5.41, 5.74) is 0.331. The number of halogens is 1. The number of alkyl halides is 1. The quantitative estimate of drug-likeness (QED) is 0.502. The molecular weight excluding hydrogens is 288 g/mol. The maximum Gasteiger partial charge on any atom is 0.0687 e. The Morgan fingerprint density at radius 1 is 0.889 bits per heavy atom. The minimum absolute atomic E-state index is 0.331. The lowest BCUT2D eigenvalue weighted by atomic mass is 9.92. The minimum Gasteiger partial charge on any atom is -0.372 e. The second-order valence-electron chi connectivity index (χ2n) is 6.82. The summed E-state index contributed by atoms with van der Waals surface area (Å²) >= 11 is 3.93. The first kappa shape index (κ1) is 13.4. The molecule has 3 rings (SSSR count). The van der Waals surface area contributed by atoms with Gasteiger partial charge in [-0.05, 0) is 50.9 Å². The number of ether oxygens (including phenoxy) is 1. The molecule has 1 heterocycles. The van der Waals surface area contributed by atoms with Crippen LogP contribution in [0.2, 0.25) is 0 Å². The standard InChI is InChI=1S/C16H27BrO/c17-15-7-3-1-2-6-13(15)12-14-8-11-16(18-14)9-4-5-10-16/h13-15H,1-12H2. The third kappa shape index (κ3) is 2.95. The van der Waals surface area contributed by atoms with Gasteiger partial charge in [-0.25, -0.2) is 0 Å². The van der Waals surface area contributed by atoms with Gasteiger partial charge in [0.1, 0.15) is 0 Å². The summed E-state index contributed by atoms with van der Waals surface area (Å²) < 4.78 is 6.48. The van der Waals surface area contributed by atoms with Gasteiger partial charge in [0.2, 0.25) is 0 Å². The van der Waals surface area contributed by atoms with Crippen LogP contribution in [0.25, 0.3) is 0 Å². The normalized spacial score (nSPS) is 40.2. The molecule has 3 aliphatic rings. The van der Waals surface area contributed by atoms with Gasteiger partial charge >= 0.3 is 0 Å². The first-order valence-electron chi connectivity index (χ1n) is 8.09. The lowest BCUT2D eigenvalue weighted by Gasteiger charge is -2.27. The van der Waals surface area contributed by atoms with Crippen molar-refractivity contribution >= 4 is 15.9 Å². The molecule has 2 aliphatic carbocycles. The monoisotopic (exact) mass is 314 g/mol. The van der Waals surface area contributed by atoms with Crippen LogP contribution >= 0.6 is 15.9 Å². The molecule has 2 saturated carbocycles. The number of hydrogen-bond donors (Lipinski definition) is 0. The molecule has 1 saturated heterocycles. The molecule has 3 unspecified atom stereocenters. The fourth-order valence-corrected chi connectivity index (χ4v) is 5.19. The molecule has 3 fully saturated rings. The highest BCUT2D eigenvalue weighted by molar-refractivity contribution is 9.09. The van der Waals surface area contributed by atoms with Crippen LogP contribution in [0.1, 0.15) is 77.0 Å². The maximum atomic E-state index is 6.48. The Bertz CT molecular complexity index is 272. The summed E-state index contributed by atoms with van der Waals surface area (Å²) in [6.07, 6.45) is 17.1. The molecule has 0 bridgehead atoms. The molecule has 0 amide bonds. The zero-order valence-electron chi connectivity index (χ0n) is 11.5. The molecule has 2 heteroatoms. The van der Waals surface area contributed by atoms with E-state index in [4.69, 9.17) is 4.74 Å². The smallest absolute Gasteiger partial charge is 0.0687 e. The van der Waals surface area contributed by atoms with Gasteiger partial charge < -0.3 is 4.74 Å². The molecule has 0 N–H and O–H groups in total. The van der Waals surface area contributed by atoms with Crippen LogP contribution in [-0.4, -0.2) is 16.5 Å². The Balaban J connectivity index is 1.53. The molecule has 0 aromatic heterocycles. The molecule has 3 atom stereocenters. The van der Waals surface area contributed by atoms with Gasteiger partial charge in [0.25, 0.3) is 0 Å². The predicted molar refractivity (Wildman–Crippen MR) is 79.2 cm³/mol. The van der Waals surface area contributed by atoms with E-state index in [1.807, 2.05) is 0 Å². The second-order valence-corrected chi connectivity index (χ2v) is 7.99. The van der Waals surface area contributed by atoms with Crippen LogP contribution in [0.3, 0.4) is 0 Å². The number of rotatable bonds is 2. The fraction of sp³-hybridized carbons (Fsp3) is 1.00. The van der Waals surface area contributed by atoms with E-state index < -0.39 is 0 Å². The molecule has 0 radical (unpaired) electrons. The zero-order valence-corrected chi connectivity index (χ0v) is 13.1. The van der Waals surface area contributed by atoms with E-state index >= 15 is 0 Å². The second kappa shape index (κ2) is 5.83. The highest BCUT2D eigenvalue weighted by atomic mass is 79.9. The fourth-order valence-electron chi connectivity index (χ4n) is 4.39. The van der Waals surface area contributed by atoms with Crippen molar-refractivity contribution < 1.29 is 4.74 Å². The van der Waals surface area contributed by atoms with E-state index in [2.05, 4.69) is 15.9 Å². The van der Waals surface area contributed by atoms with Gasteiger partial charge in [0.15, 0.2) is 0 Å². The molecule has 104 valence electrons. The summed E-state index contributed by atoms with van der Waals surface area (Å²) in [7, 11) is 0. The van der Waals surface area contributed by atoms with Crippen LogP contribution in [0.5, 0.6) is 0 Å². The SMILES string of the molecule is BrC1CCCCCC1CC1CCC2(CCCC2)O1. The highest BCUT2D eigenvalue weighted by Gasteiger charge is 2.42. The number of hydrogen-bond acceptors (Lipinski definition) is 1. The largest absolute Gasteiger partial charge is 0.372 e. The van der Waals surface area contributed by atoms with Crippen LogP contribution in [-0.2, 0) is 4.74 Å². The lowest BCUT2D eigenvalue weighted by molar-refractivity contribution is -0.0444. The molecule has 1 aliphatic heterocycles. The first-order valence-corrected chi connectivity index (χ1v) is 9.01. The van der Waals surface area contributed by atoms with E-state index in [0.29, 0.717) is 11.7 Å². The van der Waals surface area contributed by atoms with Gasteiger partial charge in [-0.3, -0.25) is 0 Å². The summed E-state index contributed by atoms with van der Waals surface area (Å²) in [6.45, 7) is 0. The van der Waals surface area contributed by atoms with E-state index in [9.17, 15) is 0 Å². The Labute approximate surface area is 120 Å². The van der Waals surface area contributed by atoms with E-state index in [-0.39, 0.29) is 0 Å². The summed E-state index contributed by atoms with van der Waals surface area (Å²) in [4.78, 5) is 0.753. The van der Waals surface area contributed by atoms with Crippen molar-refractivity contribution in [2.45, 2.75) is 93.6 Å². The average molecular weight is 315 g/mol. The van der Waals surface area contributed by atoms with E-state index in [0.717, 1.165) is 10.7 Å². The topological polar surface area (TPSA) is 9.23 Å². The molecule has 1 spiro atoms. The van der Waals surface area contributed by atoms with Crippen molar-refractivity contribution in [3.8, 4) is 0 Å². The Morgan fingerprint density at radius 2 is 1.67 bits per heavy atom. The van der Waals surface area contributed by atoms with Crippen molar-refractivity contribution in [3.05, 3.63) is 0 Å². The van der Waals surface area contributed by atoms with Crippen LogP contribution in [0, 0.1) is 5.92 Å². The van der Waals surface area contributed by atoms with Crippen molar-refractivity contribution in [1.82, 2.24) is 0 Å². The average Bonchev–Trinajstić information content (AvgIpc) is 2.93. The minimum atomic E-state index is 0.331. The Morgan fingerprint density at radius 3 is 2.50 bits per heavy atom. The molecule has 1 nitrogen and oxygen atoms in total. The highest BCUT2D eigenvalue weighted by Crippen LogP contribution is 2.45. The summed E-state index contributed by atoms with van der Waals surface area (Å²) in [5.74, 6) is 0.869. The molecule has 0 aromatic rings. The Hall–Kier alpha value is 0.440. The Kier molecular flexibility index (Phi) is 4.35. The van der Waals surface area contributed by atoms with Gasteiger partial charge in [-0.1, -0.05) is 48.0 Å². The van der Waals surface area contributed by atoms with Crippen LogP contribution < -0.4 is 0 Å². The van der Waals surface area contributed by atoms with Crippen molar-refractivity contribution in [2.24, 2.45) is 5.92 Å². The third-order valence-electron chi connectivity index (χ3n) is 5.49. The molecular formula is C16H27BrO. The lowest BCUT2D eigenvalue weighted by Crippen LogP contribution is -2.27. The van der Waals surface area contributed by atoms with Gasteiger partial charge in [-0.15, -0.1) is 0 Å². The summed E-state index contributed by atoms with van der Waals surface area (Å²) in [5, 5.41) is 0. The van der Waals surface area contributed by atoms with Crippen molar-refractivity contribution in [3.63, 3.8) is 0 Å². The van der Waals surface area contributed by atoms with Crippen LogP contribution in [0.15, 0.2) is 0 Å². The third-order valence-corrected chi connectivity index (χ3v) is 6.69.